The highest BCUT2D eigenvalue weighted by Crippen LogP contribution is 2.16. The molecule has 0 aromatic heterocycles. The fourth-order valence-corrected chi connectivity index (χ4v) is 0.983. The number of ether oxygens (including phenoxy) is 1. The molecule has 0 saturated carbocycles. The molecule has 1 saturated heterocycles. The number of alkyl halides is 3. The Bertz CT molecular complexity index is 119. The molecule has 0 aromatic rings. The van der Waals surface area contributed by atoms with Crippen molar-refractivity contribution in [1.82, 2.24) is 5.32 Å². The maximum absolute atomic E-state index is 11.6. The first-order valence-corrected chi connectivity index (χ1v) is 3.47. The van der Waals surface area contributed by atoms with Gasteiger partial charge in [0.05, 0.1) is 6.10 Å². The van der Waals surface area contributed by atoms with Crippen molar-refractivity contribution >= 4 is 0 Å². The van der Waals surface area contributed by atoms with Gasteiger partial charge in [0.2, 0.25) is 0 Å². The number of halogens is 3. The van der Waals surface area contributed by atoms with Crippen molar-refractivity contribution in [3.8, 4) is 0 Å². The summed E-state index contributed by atoms with van der Waals surface area (Å²) >= 11 is 0. The van der Waals surface area contributed by atoms with Crippen LogP contribution < -0.4 is 5.32 Å². The van der Waals surface area contributed by atoms with Gasteiger partial charge in [-0.2, -0.15) is 13.2 Å². The summed E-state index contributed by atoms with van der Waals surface area (Å²) in [6.45, 7) is 0.165. The molecule has 0 bridgehead atoms. The molecular weight excluding hydrogens is 159 g/mol. The molecule has 1 aliphatic rings. The van der Waals surface area contributed by atoms with Crippen LogP contribution in [0.25, 0.3) is 0 Å². The molecule has 1 heterocycles. The molecule has 0 spiro atoms. The second-order valence-corrected chi connectivity index (χ2v) is 2.54. The third-order valence-corrected chi connectivity index (χ3v) is 1.50. The van der Waals surface area contributed by atoms with Crippen molar-refractivity contribution in [1.29, 1.82) is 0 Å². The van der Waals surface area contributed by atoms with Gasteiger partial charge in [-0.25, -0.2) is 0 Å². The quantitative estimate of drug-likeness (QED) is 0.663. The Morgan fingerprint density at radius 2 is 2.18 bits per heavy atom. The predicted molar refractivity (Wildman–Crippen MR) is 33.3 cm³/mol. The summed E-state index contributed by atoms with van der Waals surface area (Å²) in [5, 5.41) is 2.92. The van der Waals surface area contributed by atoms with Crippen LogP contribution in [-0.2, 0) is 4.74 Å². The molecule has 0 aromatic carbocycles. The monoisotopic (exact) mass is 169 g/mol. The molecule has 0 radical (unpaired) electrons. The van der Waals surface area contributed by atoms with Gasteiger partial charge < -0.3 is 10.1 Å². The average Bonchev–Trinajstić information content (AvgIpc) is 2.32. The zero-order valence-corrected chi connectivity index (χ0v) is 5.95. The van der Waals surface area contributed by atoms with Crippen molar-refractivity contribution in [2.75, 3.05) is 19.7 Å². The Balaban J connectivity index is 2.11. The number of nitrogens with one attached hydrogen (secondary N) is 1. The van der Waals surface area contributed by atoms with Gasteiger partial charge in [0, 0.05) is 6.54 Å². The van der Waals surface area contributed by atoms with E-state index in [0.717, 1.165) is 6.54 Å². The highest BCUT2D eigenvalue weighted by atomic mass is 19.4. The Morgan fingerprint density at radius 1 is 1.45 bits per heavy atom. The molecule has 1 rings (SSSR count). The molecule has 66 valence electrons. The van der Waals surface area contributed by atoms with Gasteiger partial charge in [0.1, 0.15) is 6.61 Å². The van der Waals surface area contributed by atoms with E-state index in [1.165, 1.54) is 0 Å². The summed E-state index contributed by atoms with van der Waals surface area (Å²) < 4.78 is 39.3. The Morgan fingerprint density at radius 3 is 2.64 bits per heavy atom. The average molecular weight is 169 g/mol. The second kappa shape index (κ2) is 3.40. The molecule has 2 nitrogen and oxygen atoms in total. The maximum Gasteiger partial charge on any atom is 0.411 e. The lowest BCUT2D eigenvalue weighted by atomic mass is 10.3. The lowest BCUT2D eigenvalue weighted by Gasteiger charge is -2.11. The zero-order chi connectivity index (χ0) is 8.32. The van der Waals surface area contributed by atoms with E-state index in [1.807, 2.05) is 0 Å². The van der Waals surface area contributed by atoms with E-state index in [-0.39, 0.29) is 6.10 Å². The van der Waals surface area contributed by atoms with Crippen LogP contribution >= 0.6 is 0 Å². The van der Waals surface area contributed by atoms with E-state index >= 15 is 0 Å². The van der Waals surface area contributed by atoms with Gasteiger partial charge in [0.25, 0.3) is 0 Å². The third-order valence-electron chi connectivity index (χ3n) is 1.50. The standard InChI is InChI=1S/C6H10F3NO/c7-6(8,9)4-11-5-1-2-10-3-5/h5,10H,1-4H2/t5-/m0/s1. The van der Waals surface area contributed by atoms with Crippen LogP contribution in [0, 0.1) is 0 Å². The molecule has 1 fully saturated rings. The first-order valence-electron chi connectivity index (χ1n) is 3.47. The summed E-state index contributed by atoms with van der Waals surface area (Å²) in [6, 6.07) is 0. The minimum absolute atomic E-state index is 0.253. The molecule has 0 amide bonds. The van der Waals surface area contributed by atoms with E-state index in [0.29, 0.717) is 13.0 Å². The Labute approximate surface area is 62.7 Å². The Hall–Kier alpha value is -0.290. The van der Waals surface area contributed by atoms with Crippen molar-refractivity contribution in [2.45, 2.75) is 18.7 Å². The first-order chi connectivity index (χ1) is 5.08. The largest absolute Gasteiger partial charge is 0.411 e. The topological polar surface area (TPSA) is 21.3 Å². The van der Waals surface area contributed by atoms with E-state index < -0.39 is 12.8 Å². The van der Waals surface area contributed by atoms with Crippen LogP contribution in [0.3, 0.4) is 0 Å². The van der Waals surface area contributed by atoms with E-state index in [2.05, 4.69) is 10.1 Å². The molecule has 1 N–H and O–H groups in total. The normalized spacial score (nSPS) is 25.9. The van der Waals surface area contributed by atoms with E-state index in [9.17, 15) is 13.2 Å². The first kappa shape index (κ1) is 8.80. The highest BCUT2D eigenvalue weighted by Gasteiger charge is 2.29. The van der Waals surface area contributed by atoms with Gasteiger partial charge in [-0.1, -0.05) is 0 Å². The van der Waals surface area contributed by atoms with Gasteiger partial charge in [-0.3, -0.25) is 0 Å². The lowest BCUT2D eigenvalue weighted by Crippen LogP contribution is -2.24. The fraction of sp³-hybridized carbons (Fsp3) is 1.00. The molecule has 0 unspecified atom stereocenters. The van der Waals surface area contributed by atoms with Crippen LogP contribution in [0.5, 0.6) is 0 Å². The van der Waals surface area contributed by atoms with Crippen LogP contribution in [0.15, 0.2) is 0 Å². The lowest BCUT2D eigenvalue weighted by molar-refractivity contribution is -0.183. The summed E-state index contributed by atoms with van der Waals surface area (Å²) in [4.78, 5) is 0. The molecule has 1 aliphatic heterocycles. The molecule has 1 atom stereocenters. The summed E-state index contributed by atoms with van der Waals surface area (Å²) in [5.41, 5.74) is 0. The van der Waals surface area contributed by atoms with Gasteiger partial charge in [-0.05, 0) is 13.0 Å². The van der Waals surface area contributed by atoms with Gasteiger partial charge >= 0.3 is 6.18 Å². The fourth-order valence-electron chi connectivity index (χ4n) is 0.983. The summed E-state index contributed by atoms with van der Waals surface area (Å²) in [5.74, 6) is 0. The summed E-state index contributed by atoms with van der Waals surface area (Å²) in [6.07, 6.45) is -3.77. The minimum atomic E-state index is -4.19. The van der Waals surface area contributed by atoms with Gasteiger partial charge in [-0.15, -0.1) is 0 Å². The van der Waals surface area contributed by atoms with Crippen LogP contribution in [0.4, 0.5) is 13.2 Å². The van der Waals surface area contributed by atoms with Crippen molar-refractivity contribution in [3.63, 3.8) is 0 Å². The predicted octanol–water partition coefficient (Wildman–Crippen LogP) is 0.927. The number of hydrogen-bond donors (Lipinski definition) is 1. The third kappa shape index (κ3) is 3.57. The number of rotatable bonds is 2. The zero-order valence-electron chi connectivity index (χ0n) is 5.95. The van der Waals surface area contributed by atoms with Crippen molar-refractivity contribution in [3.05, 3.63) is 0 Å². The van der Waals surface area contributed by atoms with E-state index in [1.54, 1.807) is 0 Å². The van der Waals surface area contributed by atoms with Crippen LogP contribution in [0.2, 0.25) is 0 Å². The molecule has 0 aliphatic carbocycles. The molecular formula is C6H10F3NO. The number of hydrogen-bond acceptors (Lipinski definition) is 2. The smallest absolute Gasteiger partial charge is 0.367 e. The van der Waals surface area contributed by atoms with Gasteiger partial charge in [0.15, 0.2) is 0 Å². The second-order valence-electron chi connectivity index (χ2n) is 2.54. The minimum Gasteiger partial charge on any atom is -0.367 e. The maximum atomic E-state index is 11.6. The van der Waals surface area contributed by atoms with Crippen LogP contribution in [0.1, 0.15) is 6.42 Å². The SMILES string of the molecule is FC(F)(F)CO[C@H]1CCNC1. The molecule has 5 heteroatoms. The summed E-state index contributed by atoms with van der Waals surface area (Å²) in [7, 11) is 0. The van der Waals surface area contributed by atoms with Crippen LogP contribution in [-0.4, -0.2) is 32.0 Å². The molecule has 11 heavy (non-hydrogen) atoms. The van der Waals surface area contributed by atoms with E-state index in [4.69, 9.17) is 0 Å². The van der Waals surface area contributed by atoms with Crippen molar-refractivity contribution in [2.24, 2.45) is 0 Å². The Kier molecular flexibility index (Phi) is 2.72. The van der Waals surface area contributed by atoms with Crippen molar-refractivity contribution < 1.29 is 17.9 Å². The highest BCUT2D eigenvalue weighted by molar-refractivity contribution is 4.71.